The van der Waals surface area contributed by atoms with Crippen molar-refractivity contribution in [3.8, 4) is 23.0 Å². The van der Waals surface area contributed by atoms with Crippen molar-refractivity contribution in [2.75, 3.05) is 31.3 Å². The molecule has 0 atom stereocenters. The van der Waals surface area contributed by atoms with Crippen LogP contribution in [0.25, 0.3) is 0 Å². The number of amides is 1. The van der Waals surface area contributed by atoms with Gasteiger partial charge in [-0.2, -0.15) is 25.3 Å². The van der Waals surface area contributed by atoms with E-state index in [0.29, 0.717) is 32.8 Å². The van der Waals surface area contributed by atoms with Gasteiger partial charge in [0.2, 0.25) is 5.91 Å². The van der Waals surface area contributed by atoms with E-state index in [9.17, 15) is 4.79 Å². The summed E-state index contributed by atoms with van der Waals surface area (Å²) < 4.78 is 24.5. The molecule has 0 saturated carbocycles. The summed E-state index contributed by atoms with van der Waals surface area (Å²) in [5.74, 6) is 10.2. The second-order valence-corrected chi connectivity index (χ2v) is 14.2. The second kappa shape index (κ2) is 24.2. The summed E-state index contributed by atoms with van der Waals surface area (Å²) in [6, 6.07) is 22.9. The van der Waals surface area contributed by atoms with Crippen molar-refractivity contribution in [2.24, 2.45) is 5.84 Å². The molecule has 3 aromatic rings. The third-order valence-corrected chi connectivity index (χ3v) is 9.50. The van der Waals surface area contributed by atoms with Crippen molar-refractivity contribution in [1.29, 1.82) is 0 Å². The number of hydrogen-bond acceptors (Lipinski definition) is 8. The van der Waals surface area contributed by atoms with Gasteiger partial charge in [0.05, 0.1) is 19.8 Å². The zero-order valence-electron chi connectivity index (χ0n) is 30.3. The van der Waals surface area contributed by atoms with E-state index in [1.807, 2.05) is 30.3 Å². The van der Waals surface area contributed by atoms with Gasteiger partial charge in [-0.15, -0.1) is 0 Å². The molecule has 0 radical (unpaired) electrons. The van der Waals surface area contributed by atoms with Crippen molar-refractivity contribution >= 4 is 31.2 Å². The maximum atomic E-state index is 11.2. The Bertz CT molecular complexity index is 1320. The first-order valence-electron chi connectivity index (χ1n) is 18.4. The quantitative estimate of drug-likeness (QED) is 0.0206. The summed E-state index contributed by atoms with van der Waals surface area (Å²) >= 11 is 8.62. The van der Waals surface area contributed by atoms with Gasteiger partial charge in [0, 0.05) is 17.9 Å². The first-order chi connectivity index (χ1) is 24.3. The van der Waals surface area contributed by atoms with Gasteiger partial charge in [-0.25, -0.2) is 5.84 Å². The smallest absolute Gasteiger partial charge is 0.233 e. The molecular weight excluding hydrogens is 665 g/mol. The molecule has 3 rings (SSSR count). The minimum atomic E-state index is -0.190. The number of rotatable bonds is 27. The summed E-state index contributed by atoms with van der Waals surface area (Å²) in [5, 5.41) is 0. The van der Waals surface area contributed by atoms with Crippen LogP contribution in [-0.2, 0) is 16.8 Å². The molecule has 0 aliphatic carbocycles. The van der Waals surface area contributed by atoms with Crippen LogP contribution in [0.4, 0.5) is 0 Å². The molecule has 9 heteroatoms. The van der Waals surface area contributed by atoms with Crippen molar-refractivity contribution in [3.63, 3.8) is 0 Å². The summed E-state index contributed by atoms with van der Waals surface area (Å²) in [7, 11) is 0. The largest absolute Gasteiger partial charge is 0.494 e. The van der Waals surface area contributed by atoms with Gasteiger partial charge in [-0.3, -0.25) is 10.2 Å². The van der Waals surface area contributed by atoms with Crippen molar-refractivity contribution in [3.05, 3.63) is 83.4 Å². The number of hydrogen-bond donors (Lipinski definition) is 4. The Morgan fingerprint density at radius 1 is 0.580 bits per heavy atom. The number of nitrogens with one attached hydrogen (secondary N) is 1. The average Bonchev–Trinajstić information content (AvgIpc) is 3.13. The van der Waals surface area contributed by atoms with Crippen LogP contribution in [0.5, 0.6) is 23.0 Å². The standard InChI is InChI=1S/C41H60N2O5S2/c1-41(2,34-16-20-36(21-17-34)45-24-10-4-3-9-15-40(44)43-42)35-18-22-37(23-19-35)48-32-33-29-38(46-25-11-5-7-13-27-49)31-39(30-33)47-26-12-6-8-14-28-50/h16-23,29-31,49-50H,3-15,24-28,32,42H2,1-2H3,(H,43,44). The minimum Gasteiger partial charge on any atom is -0.494 e. The minimum absolute atomic E-state index is 0.111. The van der Waals surface area contributed by atoms with Gasteiger partial charge in [0.1, 0.15) is 29.6 Å². The van der Waals surface area contributed by atoms with Gasteiger partial charge in [-0.1, -0.05) is 76.6 Å². The van der Waals surface area contributed by atoms with E-state index in [1.54, 1.807) is 0 Å². The maximum absolute atomic E-state index is 11.2. The zero-order chi connectivity index (χ0) is 35.9. The van der Waals surface area contributed by atoms with Crippen molar-refractivity contribution in [2.45, 2.75) is 109 Å². The Balaban J connectivity index is 1.52. The van der Waals surface area contributed by atoms with Crippen LogP contribution >= 0.6 is 25.3 Å². The molecule has 50 heavy (non-hydrogen) atoms. The van der Waals surface area contributed by atoms with Crippen LogP contribution in [0.2, 0.25) is 0 Å². The predicted octanol–water partition coefficient (Wildman–Crippen LogP) is 9.65. The molecular formula is C41H60N2O5S2. The second-order valence-electron chi connectivity index (χ2n) is 13.3. The van der Waals surface area contributed by atoms with E-state index < -0.39 is 0 Å². The number of nitrogens with two attached hydrogens (primary N) is 1. The summed E-state index contributed by atoms with van der Waals surface area (Å²) in [6.07, 6.45) is 13.3. The van der Waals surface area contributed by atoms with Gasteiger partial charge in [-0.05, 0) is 103 Å². The van der Waals surface area contributed by atoms with Gasteiger partial charge < -0.3 is 18.9 Å². The lowest BCUT2D eigenvalue weighted by molar-refractivity contribution is -0.121. The van der Waals surface area contributed by atoms with Crippen LogP contribution in [0, 0.1) is 0 Å². The van der Waals surface area contributed by atoms with Gasteiger partial charge in [0.15, 0.2) is 0 Å². The number of unbranched alkanes of at least 4 members (excludes halogenated alkanes) is 9. The van der Waals surface area contributed by atoms with Crippen LogP contribution in [0.15, 0.2) is 66.7 Å². The molecule has 3 N–H and O–H groups in total. The Morgan fingerprint density at radius 2 is 1.00 bits per heavy atom. The first kappa shape index (κ1) is 41.4. The maximum Gasteiger partial charge on any atom is 0.233 e. The fourth-order valence-corrected chi connectivity index (χ4v) is 6.12. The van der Waals surface area contributed by atoms with Crippen molar-refractivity contribution < 1.29 is 23.7 Å². The highest BCUT2D eigenvalue weighted by Crippen LogP contribution is 2.34. The fourth-order valence-electron chi connectivity index (χ4n) is 5.67. The number of carbonyl (C=O) groups is 1. The molecule has 0 heterocycles. The van der Waals surface area contributed by atoms with Gasteiger partial charge in [0.25, 0.3) is 0 Å². The third-order valence-electron chi connectivity index (χ3n) is 8.87. The molecule has 276 valence electrons. The lowest BCUT2D eigenvalue weighted by Crippen LogP contribution is -2.29. The molecule has 1 amide bonds. The molecule has 0 aliphatic rings. The molecule has 0 spiro atoms. The van der Waals surface area contributed by atoms with E-state index in [0.717, 1.165) is 104 Å². The molecule has 0 unspecified atom stereocenters. The third kappa shape index (κ3) is 15.9. The Labute approximate surface area is 312 Å². The first-order valence-corrected chi connectivity index (χ1v) is 19.7. The molecule has 7 nitrogen and oxygen atoms in total. The van der Waals surface area contributed by atoms with E-state index in [-0.39, 0.29) is 11.3 Å². The van der Waals surface area contributed by atoms with E-state index >= 15 is 0 Å². The summed E-state index contributed by atoms with van der Waals surface area (Å²) in [6.45, 7) is 6.92. The van der Waals surface area contributed by atoms with Gasteiger partial charge >= 0.3 is 0 Å². The number of hydrazine groups is 1. The molecule has 0 bridgehead atoms. The highest BCUT2D eigenvalue weighted by Gasteiger charge is 2.23. The SMILES string of the molecule is CC(C)(c1ccc(OCCCCCCC(=O)NN)cc1)c1ccc(OCc2cc(OCCCCCCS)cc(OCCCCCCS)c2)cc1. The predicted molar refractivity (Wildman–Crippen MR) is 212 cm³/mol. The normalized spacial score (nSPS) is 11.3. The zero-order valence-corrected chi connectivity index (χ0v) is 32.1. The Kier molecular flexibility index (Phi) is 20.1. The van der Waals surface area contributed by atoms with Crippen LogP contribution in [0.3, 0.4) is 0 Å². The number of carbonyl (C=O) groups excluding carboxylic acids is 1. The molecule has 0 aromatic heterocycles. The topological polar surface area (TPSA) is 92.0 Å². The lowest BCUT2D eigenvalue weighted by Gasteiger charge is -2.26. The Hall–Kier alpha value is -3.01. The number of benzene rings is 3. The molecule has 0 aliphatic heterocycles. The van der Waals surface area contributed by atoms with E-state index in [2.05, 4.69) is 80.9 Å². The van der Waals surface area contributed by atoms with Crippen LogP contribution in [-0.4, -0.2) is 37.2 Å². The Morgan fingerprint density at radius 3 is 1.46 bits per heavy atom. The fraction of sp³-hybridized carbons (Fsp3) is 0.537. The van der Waals surface area contributed by atoms with E-state index in [4.69, 9.17) is 24.8 Å². The lowest BCUT2D eigenvalue weighted by atomic mass is 9.78. The number of ether oxygens (including phenoxy) is 4. The summed E-state index contributed by atoms with van der Waals surface area (Å²) in [5.41, 5.74) is 5.42. The van der Waals surface area contributed by atoms with Crippen LogP contribution in [0.1, 0.15) is 114 Å². The molecule has 0 saturated heterocycles. The highest BCUT2D eigenvalue weighted by atomic mass is 32.1. The number of thiol groups is 2. The molecule has 0 fully saturated rings. The van der Waals surface area contributed by atoms with Crippen molar-refractivity contribution in [1.82, 2.24) is 5.43 Å². The monoisotopic (exact) mass is 724 g/mol. The average molecular weight is 725 g/mol. The molecule has 3 aromatic carbocycles. The van der Waals surface area contributed by atoms with E-state index in [1.165, 1.54) is 24.0 Å². The summed E-state index contributed by atoms with van der Waals surface area (Å²) in [4.78, 5) is 11.2. The van der Waals surface area contributed by atoms with Crippen LogP contribution < -0.4 is 30.2 Å². The highest BCUT2D eigenvalue weighted by molar-refractivity contribution is 7.80.